The number of carbonyl (C=O) groups excluding carboxylic acids is 2. The normalized spacial score (nSPS) is 12.5. The van der Waals surface area contributed by atoms with E-state index in [2.05, 4.69) is 15.6 Å². The van der Waals surface area contributed by atoms with E-state index in [0.717, 1.165) is 12.4 Å². The van der Waals surface area contributed by atoms with Crippen LogP contribution in [0.5, 0.6) is 11.5 Å². The van der Waals surface area contributed by atoms with Crippen molar-refractivity contribution in [2.24, 2.45) is 0 Å². The van der Waals surface area contributed by atoms with Gasteiger partial charge in [0.1, 0.15) is 19.0 Å². The fourth-order valence-corrected chi connectivity index (χ4v) is 2.48. The van der Waals surface area contributed by atoms with E-state index in [0.29, 0.717) is 43.4 Å². The zero-order chi connectivity index (χ0) is 17.6. The van der Waals surface area contributed by atoms with Crippen molar-refractivity contribution in [2.45, 2.75) is 19.9 Å². The molecule has 1 aliphatic rings. The Morgan fingerprint density at radius 2 is 2.00 bits per heavy atom. The molecule has 0 saturated heterocycles. The van der Waals surface area contributed by atoms with Crippen LogP contribution in [0, 0.1) is 6.92 Å². The van der Waals surface area contributed by atoms with Crippen LogP contribution >= 0.6 is 0 Å². The number of ether oxygens (including phenoxy) is 2. The number of fused-ring (bicyclic) bond motifs is 1. The van der Waals surface area contributed by atoms with E-state index in [1.54, 1.807) is 24.4 Å². The largest absolute Gasteiger partial charge is 0.486 e. The first-order valence-corrected chi connectivity index (χ1v) is 8.10. The van der Waals surface area contributed by atoms with Gasteiger partial charge in [0.05, 0.1) is 0 Å². The summed E-state index contributed by atoms with van der Waals surface area (Å²) in [5, 5.41) is 5.16. The topological polar surface area (TPSA) is 94.5 Å². The molecule has 3 rings (SSSR count). The molecule has 0 atom stereocenters. The third-order valence-electron chi connectivity index (χ3n) is 3.79. The van der Waals surface area contributed by atoms with Gasteiger partial charge in [-0.15, -0.1) is 0 Å². The van der Waals surface area contributed by atoms with Crippen LogP contribution in [-0.2, 0) is 16.1 Å². The Balaban J connectivity index is 1.44. The van der Waals surface area contributed by atoms with Gasteiger partial charge in [-0.2, -0.15) is 0 Å². The Kier molecular flexibility index (Phi) is 5.17. The number of hydrogen-bond acceptors (Lipinski definition) is 5. The molecule has 8 nitrogen and oxygen atoms in total. The van der Waals surface area contributed by atoms with Gasteiger partial charge in [-0.05, 0) is 25.5 Å². The number of rotatable bonds is 5. The van der Waals surface area contributed by atoms with E-state index in [1.165, 1.54) is 0 Å². The molecule has 0 aliphatic carbocycles. The van der Waals surface area contributed by atoms with E-state index in [4.69, 9.17) is 9.47 Å². The summed E-state index contributed by atoms with van der Waals surface area (Å²) in [6.45, 7) is 4.02. The third-order valence-corrected chi connectivity index (χ3v) is 3.79. The van der Waals surface area contributed by atoms with E-state index < -0.39 is 11.8 Å². The van der Waals surface area contributed by atoms with Gasteiger partial charge >= 0.3 is 11.8 Å². The van der Waals surface area contributed by atoms with Crippen molar-refractivity contribution in [1.29, 1.82) is 0 Å². The molecule has 0 bridgehead atoms. The minimum absolute atomic E-state index is 0.408. The number of aryl methyl sites for hydroxylation is 2. The van der Waals surface area contributed by atoms with Crippen LogP contribution in [0.25, 0.3) is 0 Å². The molecule has 0 unspecified atom stereocenters. The predicted octanol–water partition coefficient (Wildman–Crippen LogP) is 1.11. The number of carbonyl (C=O) groups is 2. The minimum atomic E-state index is -0.713. The van der Waals surface area contributed by atoms with E-state index >= 15 is 0 Å². The number of amides is 2. The molecule has 1 aromatic carbocycles. The third kappa shape index (κ3) is 4.28. The van der Waals surface area contributed by atoms with Gasteiger partial charge in [-0.25, -0.2) is 4.98 Å². The zero-order valence-electron chi connectivity index (χ0n) is 13.9. The number of imidazole rings is 1. The quantitative estimate of drug-likeness (QED) is 0.626. The van der Waals surface area contributed by atoms with Crippen LogP contribution in [0.2, 0.25) is 0 Å². The Bertz CT molecular complexity index is 772. The fourth-order valence-electron chi connectivity index (χ4n) is 2.48. The van der Waals surface area contributed by atoms with Crippen molar-refractivity contribution in [3.63, 3.8) is 0 Å². The van der Waals surface area contributed by atoms with Gasteiger partial charge in [-0.3, -0.25) is 9.59 Å². The number of benzene rings is 1. The van der Waals surface area contributed by atoms with Crippen molar-refractivity contribution in [1.82, 2.24) is 14.9 Å². The first-order chi connectivity index (χ1) is 12.1. The Morgan fingerprint density at radius 3 is 2.76 bits per heavy atom. The van der Waals surface area contributed by atoms with Gasteiger partial charge < -0.3 is 24.7 Å². The van der Waals surface area contributed by atoms with Gasteiger partial charge in [0.25, 0.3) is 0 Å². The van der Waals surface area contributed by atoms with Crippen molar-refractivity contribution in [3.8, 4) is 11.5 Å². The van der Waals surface area contributed by atoms with Crippen LogP contribution in [0.1, 0.15) is 12.2 Å². The average Bonchev–Trinajstić information content (AvgIpc) is 3.03. The molecule has 25 heavy (non-hydrogen) atoms. The van der Waals surface area contributed by atoms with Crippen molar-refractivity contribution in [3.05, 3.63) is 36.4 Å². The molecular formula is C17H20N4O4. The second-order valence-corrected chi connectivity index (χ2v) is 5.59. The molecule has 0 radical (unpaired) electrons. The highest BCUT2D eigenvalue weighted by molar-refractivity contribution is 6.39. The number of anilines is 1. The highest BCUT2D eigenvalue weighted by atomic mass is 16.6. The second kappa shape index (κ2) is 7.69. The van der Waals surface area contributed by atoms with Gasteiger partial charge in [-0.1, -0.05) is 0 Å². The summed E-state index contributed by atoms with van der Waals surface area (Å²) in [5.41, 5.74) is 0.485. The molecule has 0 spiro atoms. The van der Waals surface area contributed by atoms with Gasteiger partial charge in [0.2, 0.25) is 0 Å². The molecule has 0 fully saturated rings. The number of aromatic nitrogens is 2. The first-order valence-electron chi connectivity index (χ1n) is 8.10. The molecule has 8 heteroatoms. The van der Waals surface area contributed by atoms with Crippen LogP contribution in [0.4, 0.5) is 5.69 Å². The lowest BCUT2D eigenvalue weighted by atomic mass is 10.2. The summed E-state index contributed by atoms with van der Waals surface area (Å²) in [6, 6.07) is 5.01. The maximum absolute atomic E-state index is 11.9. The van der Waals surface area contributed by atoms with Crippen LogP contribution < -0.4 is 20.1 Å². The van der Waals surface area contributed by atoms with E-state index in [-0.39, 0.29) is 0 Å². The average molecular weight is 344 g/mol. The number of nitrogens with one attached hydrogen (secondary N) is 2. The molecule has 132 valence electrons. The molecule has 1 aliphatic heterocycles. The SMILES string of the molecule is Cc1nccn1CCCNC(=O)C(=O)Nc1ccc2c(c1)OCCO2. The minimum Gasteiger partial charge on any atom is -0.486 e. The smallest absolute Gasteiger partial charge is 0.313 e. The molecular weight excluding hydrogens is 324 g/mol. The van der Waals surface area contributed by atoms with Crippen molar-refractivity contribution in [2.75, 3.05) is 25.1 Å². The van der Waals surface area contributed by atoms with Gasteiger partial charge in [0.15, 0.2) is 11.5 Å². The van der Waals surface area contributed by atoms with Crippen LogP contribution in [0.15, 0.2) is 30.6 Å². The fraction of sp³-hybridized carbons (Fsp3) is 0.353. The lowest BCUT2D eigenvalue weighted by Gasteiger charge is -2.18. The monoisotopic (exact) mass is 344 g/mol. The summed E-state index contributed by atoms with van der Waals surface area (Å²) >= 11 is 0. The van der Waals surface area contributed by atoms with Gasteiger partial charge in [0, 0.05) is 37.2 Å². The first kappa shape index (κ1) is 16.8. The zero-order valence-corrected chi connectivity index (χ0v) is 13.9. The molecule has 2 heterocycles. The summed E-state index contributed by atoms with van der Waals surface area (Å²) in [4.78, 5) is 27.9. The van der Waals surface area contributed by atoms with Crippen molar-refractivity contribution >= 4 is 17.5 Å². The Labute approximate surface area is 145 Å². The van der Waals surface area contributed by atoms with Crippen LogP contribution in [-0.4, -0.2) is 41.1 Å². The maximum atomic E-state index is 11.9. The molecule has 2 N–H and O–H groups in total. The standard InChI is InChI=1S/C17H20N4O4/c1-12-18-6-8-21(12)7-2-5-19-16(22)17(23)20-13-3-4-14-15(11-13)25-10-9-24-14/h3-4,6,8,11H,2,5,7,9-10H2,1H3,(H,19,22)(H,20,23). The van der Waals surface area contributed by atoms with E-state index in [1.807, 2.05) is 17.7 Å². The second-order valence-electron chi connectivity index (χ2n) is 5.59. The molecule has 0 saturated carbocycles. The van der Waals surface area contributed by atoms with E-state index in [9.17, 15) is 9.59 Å². The predicted molar refractivity (Wildman–Crippen MR) is 90.7 cm³/mol. The summed E-state index contributed by atoms with van der Waals surface area (Å²) in [7, 11) is 0. The highest BCUT2D eigenvalue weighted by Crippen LogP contribution is 2.32. The highest BCUT2D eigenvalue weighted by Gasteiger charge is 2.16. The van der Waals surface area contributed by atoms with Crippen LogP contribution in [0.3, 0.4) is 0 Å². The summed E-state index contributed by atoms with van der Waals surface area (Å²) in [5.74, 6) is 0.721. The maximum Gasteiger partial charge on any atom is 0.313 e. The summed E-state index contributed by atoms with van der Waals surface area (Å²) in [6.07, 6.45) is 4.32. The molecule has 1 aromatic heterocycles. The Morgan fingerprint density at radius 1 is 1.20 bits per heavy atom. The lowest BCUT2D eigenvalue weighted by molar-refractivity contribution is -0.136. The summed E-state index contributed by atoms with van der Waals surface area (Å²) < 4.78 is 12.8. The number of nitrogens with zero attached hydrogens (tertiary/aromatic N) is 2. The molecule has 2 aromatic rings. The Hall–Kier alpha value is -3.03. The number of hydrogen-bond donors (Lipinski definition) is 2. The molecule has 2 amide bonds. The van der Waals surface area contributed by atoms with Crippen molar-refractivity contribution < 1.29 is 19.1 Å². The lowest BCUT2D eigenvalue weighted by Crippen LogP contribution is -2.36.